The van der Waals surface area contributed by atoms with Gasteiger partial charge in [-0.1, -0.05) is 199 Å². The average Bonchev–Trinajstić information content (AvgIpc) is 3.17. The molecule has 1 rings (SSSR count). The Morgan fingerprint density at radius 1 is 0.623 bits per heavy atom. The van der Waals surface area contributed by atoms with Crippen LogP contribution in [-0.4, -0.2) is 45.1 Å². The Labute approximate surface area is 333 Å². The standard InChI is InChI=1S/C47H86N2O3S/c1-3-5-7-9-11-13-15-17-18-19-20-21-22-23-24-25-27-29-31-33-35-39-45(51)49-43(42-53-46-40-36-37-41-48-46)47(52)44(50)38-34-32-30-28-26-16-14-12-10-8-6-4-2/h17-18,36-37,40-41,43-44,47,50,52H,3-16,19-35,38-39,42H2,1-2H3,(H,49,51)/b18-17-/t43-,44+,47-/m0/s1. The van der Waals surface area contributed by atoms with Crippen LogP contribution >= 0.6 is 11.8 Å². The smallest absolute Gasteiger partial charge is 0.220 e. The van der Waals surface area contributed by atoms with Gasteiger partial charge in [-0.25, -0.2) is 4.98 Å². The van der Waals surface area contributed by atoms with Crippen molar-refractivity contribution < 1.29 is 15.0 Å². The second-order valence-electron chi connectivity index (χ2n) is 15.8. The Balaban J connectivity index is 2.14. The highest BCUT2D eigenvalue weighted by Gasteiger charge is 2.27. The number of carbonyl (C=O) groups is 1. The fraction of sp³-hybridized carbons (Fsp3) is 0.830. The van der Waals surface area contributed by atoms with E-state index in [1.165, 1.54) is 185 Å². The molecule has 0 fully saturated rings. The maximum absolute atomic E-state index is 12.9. The Kier molecular flexibility index (Phi) is 36.4. The van der Waals surface area contributed by atoms with Crippen molar-refractivity contribution in [2.24, 2.45) is 0 Å². The molecule has 1 amide bonds. The van der Waals surface area contributed by atoms with E-state index in [1.807, 2.05) is 18.2 Å². The molecule has 1 heterocycles. The number of amides is 1. The van der Waals surface area contributed by atoms with Gasteiger partial charge in [-0.3, -0.25) is 4.79 Å². The number of nitrogens with one attached hydrogen (secondary N) is 1. The van der Waals surface area contributed by atoms with Gasteiger partial charge in [-0.2, -0.15) is 0 Å². The van der Waals surface area contributed by atoms with Gasteiger partial charge in [-0.05, 0) is 50.7 Å². The first kappa shape index (κ1) is 49.6. The molecule has 1 aromatic heterocycles. The molecule has 3 N–H and O–H groups in total. The molecular formula is C47H86N2O3S. The first-order valence-electron chi connectivity index (χ1n) is 22.9. The molecule has 0 bridgehead atoms. The van der Waals surface area contributed by atoms with Crippen molar-refractivity contribution >= 4 is 17.7 Å². The summed E-state index contributed by atoms with van der Waals surface area (Å²) in [4.78, 5) is 17.3. The van der Waals surface area contributed by atoms with Crippen LogP contribution in [0.5, 0.6) is 0 Å². The number of carbonyl (C=O) groups excluding carboxylic acids is 1. The lowest BCUT2D eigenvalue weighted by Crippen LogP contribution is -2.50. The number of aliphatic hydroxyl groups excluding tert-OH is 2. The molecule has 0 radical (unpaired) electrons. The van der Waals surface area contributed by atoms with Crippen molar-refractivity contribution in [1.29, 1.82) is 0 Å². The molecule has 5 nitrogen and oxygen atoms in total. The lowest BCUT2D eigenvalue weighted by molar-refractivity contribution is -0.123. The average molecular weight is 759 g/mol. The van der Waals surface area contributed by atoms with E-state index in [4.69, 9.17) is 0 Å². The third-order valence-electron chi connectivity index (χ3n) is 10.7. The summed E-state index contributed by atoms with van der Waals surface area (Å²) in [5, 5.41) is 25.9. The number of aromatic nitrogens is 1. The van der Waals surface area contributed by atoms with E-state index in [-0.39, 0.29) is 5.91 Å². The van der Waals surface area contributed by atoms with Gasteiger partial charge in [0, 0.05) is 18.4 Å². The van der Waals surface area contributed by atoms with Crippen molar-refractivity contribution in [3.63, 3.8) is 0 Å². The van der Waals surface area contributed by atoms with Crippen molar-refractivity contribution in [3.05, 3.63) is 36.5 Å². The van der Waals surface area contributed by atoms with Crippen molar-refractivity contribution in [3.8, 4) is 0 Å². The molecule has 0 aromatic carbocycles. The maximum atomic E-state index is 12.9. The monoisotopic (exact) mass is 759 g/mol. The number of nitrogens with zero attached hydrogens (tertiary/aromatic N) is 1. The Hall–Kier alpha value is -1.37. The molecule has 0 saturated carbocycles. The van der Waals surface area contributed by atoms with Crippen LogP contribution in [0.1, 0.15) is 226 Å². The highest BCUT2D eigenvalue weighted by atomic mass is 32.2. The second kappa shape index (κ2) is 38.9. The third kappa shape index (κ3) is 32.6. The van der Waals surface area contributed by atoms with E-state index in [0.717, 1.165) is 30.7 Å². The van der Waals surface area contributed by atoms with E-state index < -0.39 is 18.2 Å². The summed E-state index contributed by atoms with van der Waals surface area (Å²) in [6, 6.07) is 5.26. The lowest BCUT2D eigenvalue weighted by Gasteiger charge is -2.27. The topological polar surface area (TPSA) is 82.5 Å². The minimum absolute atomic E-state index is 0.0264. The summed E-state index contributed by atoms with van der Waals surface area (Å²) in [6.45, 7) is 4.55. The molecule has 0 aliphatic rings. The number of rotatable bonds is 40. The quantitative estimate of drug-likeness (QED) is 0.0353. The summed E-state index contributed by atoms with van der Waals surface area (Å²) < 4.78 is 0. The summed E-state index contributed by atoms with van der Waals surface area (Å²) in [5.74, 6) is 0.456. The van der Waals surface area contributed by atoms with Crippen LogP contribution in [0.25, 0.3) is 0 Å². The molecule has 0 spiro atoms. The van der Waals surface area contributed by atoms with Crippen LogP contribution in [0.2, 0.25) is 0 Å². The zero-order valence-electron chi connectivity index (χ0n) is 34.9. The number of unbranched alkanes of at least 4 members (excludes halogenated alkanes) is 28. The predicted octanol–water partition coefficient (Wildman–Crippen LogP) is 13.8. The molecule has 1 aromatic rings. The van der Waals surface area contributed by atoms with Gasteiger partial charge in [0.1, 0.15) is 6.10 Å². The van der Waals surface area contributed by atoms with E-state index >= 15 is 0 Å². The first-order chi connectivity index (χ1) is 26.1. The van der Waals surface area contributed by atoms with Crippen LogP contribution in [0, 0.1) is 0 Å². The van der Waals surface area contributed by atoms with Gasteiger partial charge in [0.2, 0.25) is 5.91 Å². The lowest BCUT2D eigenvalue weighted by atomic mass is 9.99. The van der Waals surface area contributed by atoms with Gasteiger partial charge < -0.3 is 15.5 Å². The van der Waals surface area contributed by atoms with Gasteiger partial charge in [0.05, 0.1) is 17.2 Å². The van der Waals surface area contributed by atoms with Crippen LogP contribution in [0.4, 0.5) is 0 Å². The van der Waals surface area contributed by atoms with Crippen molar-refractivity contribution in [2.45, 2.75) is 249 Å². The maximum Gasteiger partial charge on any atom is 0.220 e. The molecule has 0 aliphatic heterocycles. The van der Waals surface area contributed by atoms with Crippen LogP contribution in [-0.2, 0) is 4.79 Å². The van der Waals surface area contributed by atoms with Crippen molar-refractivity contribution in [1.82, 2.24) is 10.3 Å². The Morgan fingerprint density at radius 3 is 1.51 bits per heavy atom. The van der Waals surface area contributed by atoms with Crippen LogP contribution < -0.4 is 5.32 Å². The zero-order chi connectivity index (χ0) is 38.3. The number of aliphatic hydroxyl groups is 2. The minimum Gasteiger partial charge on any atom is -0.390 e. The largest absolute Gasteiger partial charge is 0.390 e. The summed E-state index contributed by atoms with van der Waals surface area (Å²) >= 11 is 1.52. The van der Waals surface area contributed by atoms with Gasteiger partial charge >= 0.3 is 0 Å². The van der Waals surface area contributed by atoms with E-state index in [1.54, 1.807) is 6.20 Å². The number of hydrogen-bond donors (Lipinski definition) is 3. The highest BCUT2D eigenvalue weighted by molar-refractivity contribution is 7.99. The highest BCUT2D eigenvalue weighted by Crippen LogP contribution is 2.20. The fourth-order valence-electron chi connectivity index (χ4n) is 7.16. The van der Waals surface area contributed by atoms with Crippen molar-refractivity contribution in [2.75, 3.05) is 5.75 Å². The van der Waals surface area contributed by atoms with E-state index in [9.17, 15) is 15.0 Å². The second-order valence-corrected chi connectivity index (χ2v) is 16.9. The molecular weight excluding hydrogens is 673 g/mol. The number of pyridine rings is 1. The SMILES string of the molecule is CCCCCCCC/C=C\CCCCCCCCCCCCCC(=O)N[C@@H](CSc1ccccn1)[C@H](O)[C@H](O)CCCCCCCCCCCCCC. The predicted molar refractivity (Wildman–Crippen MR) is 232 cm³/mol. The molecule has 0 unspecified atom stereocenters. The molecule has 3 atom stereocenters. The van der Waals surface area contributed by atoms with Gasteiger partial charge in [-0.15, -0.1) is 11.8 Å². The summed E-state index contributed by atoms with van der Waals surface area (Å²) in [5.41, 5.74) is 0. The fourth-order valence-corrected chi connectivity index (χ4v) is 8.10. The van der Waals surface area contributed by atoms with Crippen LogP contribution in [0.15, 0.2) is 41.6 Å². The van der Waals surface area contributed by atoms with Crippen LogP contribution in [0.3, 0.4) is 0 Å². The summed E-state index contributed by atoms with van der Waals surface area (Å²) in [7, 11) is 0. The number of hydrogen-bond acceptors (Lipinski definition) is 5. The molecule has 0 aliphatic carbocycles. The van der Waals surface area contributed by atoms with Gasteiger partial charge in [0.15, 0.2) is 0 Å². The van der Waals surface area contributed by atoms with Gasteiger partial charge in [0.25, 0.3) is 0 Å². The summed E-state index contributed by atoms with van der Waals surface area (Å²) in [6.07, 6.45) is 45.6. The Bertz CT molecular complexity index is 930. The molecule has 6 heteroatoms. The first-order valence-corrected chi connectivity index (χ1v) is 23.9. The minimum atomic E-state index is -0.987. The normalized spacial score (nSPS) is 13.4. The Morgan fingerprint density at radius 2 is 1.06 bits per heavy atom. The molecule has 308 valence electrons. The third-order valence-corrected chi connectivity index (χ3v) is 11.8. The van der Waals surface area contributed by atoms with E-state index in [2.05, 4.69) is 36.3 Å². The molecule has 0 saturated heterocycles. The zero-order valence-corrected chi connectivity index (χ0v) is 35.7. The molecule has 53 heavy (non-hydrogen) atoms. The number of thioether (sulfide) groups is 1. The number of allylic oxidation sites excluding steroid dienone is 2. The van der Waals surface area contributed by atoms with E-state index in [0.29, 0.717) is 18.6 Å².